The minimum absolute atomic E-state index is 0.0151. The molecule has 170 valence electrons. The monoisotopic (exact) mass is 449 g/mol. The van der Waals surface area contributed by atoms with Crippen molar-refractivity contribution in [2.24, 2.45) is 0 Å². The smallest absolute Gasteiger partial charge is 0.229 e. The minimum atomic E-state index is -0.632. The SMILES string of the molecule is CCN1CCc2nc(Nc3ncc(F)c(-c4cc(F)c5cnn(C(C)C)c5c4)n3)ccc2C1. The van der Waals surface area contributed by atoms with Crippen molar-refractivity contribution in [3.63, 3.8) is 0 Å². The molecule has 1 aliphatic rings. The lowest BCUT2D eigenvalue weighted by molar-refractivity contribution is 0.266. The number of nitrogens with one attached hydrogen (secondary N) is 1. The first kappa shape index (κ1) is 21.4. The van der Waals surface area contributed by atoms with E-state index < -0.39 is 11.6 Å². The van der Waals surface area contributed by atoms with Gasteiger partial charge in [-0.3, -0.25) is 9.58 Å². The first-order chi connectivity index (χ1) is 15.9. The standard InChI is InChI=1S/C24H25F2N7/c1-4-32-8-7-20-15(13-32)5-6-22(29-20)30-24-27-12-19(26)23(31-24)16-9-18(25)17-11-28-33(14(2)3)21(17)10-16/h5-6,9-12,14H,4,7-8,13H2,1-3H3,(H,27,29,30,31). The Hall–Kier alpha value is -3.46. The second-order valence-electron chi connectivity index (χ2n) is 8.51. The van der Waals surface area contributed by atoms with Crippen LogP contribution in [0.4, 0.5) is 20.5 Å². The highest BCUT2D eigenvalue weighted by Gasteiger charge is 2.18. The normalized spacial score (nSPS) is 14.1. The number of anilines is 2. The zero-order chi connectivity index (χ0) is 23.1. The van der Waals surface area contributed by atoms with Crippen molar-refractivity contribution in [1.82, 2.24) is 29.6 Å². The third-order valence-electron chi connectivity index (χ3n) is 5.99. The predicted octanol–water partition coefficient (Wildman–Crippen LogP) is 4.87. The van der Waals surface area contributed by atoms with E-state index >= 15 is 0 Å². The number of hydrogen-bond acceptors (Lipinski definition) is 6. The van der Waals surface area contributed by atoms with Gasteiger partial charge >= 0.3 is 0 Å². The molecule has 0 unspecified atom stereocenters. The van der Waals surface area contributed by atoms with Gasteiger partial charge in [-0.05, 0) is 44.2 Å². The molecular formula is C24H25F2N7. The lowest BCUT2D eigenvalue weighted by Crippen LogP contribution is -2.30. The second kappa shape index (κ2) is 8.47. The number of hydrogen-bond donors (Lipinski definition) is 1. The van der Waals surface area contributed by atoms with Crippen molar-refractivity contribution >= 4 is 22.7 Å². The summed E-state index contributed by atoms with van der Waals surface area (Å²) in [4.78, 5) is 15.5. The van der Waals surface area contributed by atoms with E-state index in [1.807, 2.05) is 26.0 Å². The number of nitrogens with zero attached hydrogens (tertiary/aromatic N) is 6. The fourth-order valence-corrected chi connectivity index (χ4v) is 4.21. The van der Waals surface area contributed by atoms with Gasteiger partial charge < -0.3 is 5.32 Å². The van der Waals surface area contributed by atoms with Gasteiger partial charge in [0.15, 0.2) is 5.82 Å². The average molecular weight is 450 g/mol. The number of aromatic nitrogens is 5. The highest BCUT2D eigenvalue weighted by Crippen LogP contribution is 2.29. The largest absolute Gasteiger partial charge is 0.309 e. The molecule has 1 aliphatic heterocycles. The summed E-state index contributed by atoms with van der Waals surface area (Å²) >= 11 is 0. The van der Waals surface area contributed by atoms with Crippen molar-refractivity contribution in [2.45, 2.75) is 39.8 Å². The molecular weight excluding hydrogens is 424 g/mol. The highest BCUT2D eigenvalue weighted by molar-refractivity contribution is 5.84. The van der Waals surface area contributed by atoms with E-state index in [2.05, 4.69) is 32.2 Å². The van der Waals surface area contributed by atoms with Crippen LogP contribution < -0.4 is 5.32 Å². The highest BCUT2D eigenvalue weighted by atomic mass is 19.1. The molecule has 9 heteroatoms. The Morgan fingerprint density at radius 1 is 1.09 bits per heavy atom. The van der Waals surface area contributed by atoms with Crippen LogP contribution in [0.15, 0.2) is 36.7 Å². The molecule has 0 saturated carbocycles. The van der Waals surface area contributed by atoms with Crippen LogP contribution in [-0.4, -0.2) is 42.7 Å². The van der Waals surface area contributed by atoms with Gasteiger partial charge in [-0.25, -0.2) is 23.7 Å². The number of halogens is 2. The molecule has 33 heavy (non-hydrogen) atoms. The van der Waals surface area contributed by atoms with Gasteiger partial charge in [0.05, 0.1) is 23.3 Å². The molecule has 0 spiro atoms. The topological polar surface area (TPSA) is 71.8 Å². The van der Waals surface area contributed by atoms with Gasteiger partial charge in [0.2, 0.25) is 5.95 Å². The van der Waals surface area contributed by atoms with Crippen LogP contribution in [0.1, 0.15) is 38.1 Å². The van der Waals surface area contributed by atoms with Crippen LogP contribution >= 0.6 is 0 Å². The van der Waals surface area contributed by atoms with Gasteiger partial charge in [0.25, 0.3) is 0 Å². The van der Waals surface area contributed by atoms with Crippen LogP contribution in [0.25, 0.3) is 22.2 Å². The Balaban J connectivity index is 1.48. The summed E-state index contributed by atoms with van der Waals surface area (Å²) in [5.74, 6) is -0.314. The Labute approximate surface area is 190 Å². The molecule has 0 fully saturated rings. The third-order valence-corrected chi connectivity index (χ3v) is 5.99. The van der Waals surface area contributed by atoms with E-state index in [0.29, 0.717) is 22.3 Å². The van der Waals surface area contributed by atoms with Gasteiger partial charge in [-0.1, -0.05) is 13.0 Å². The summed E-state index contributed by atoms with van der Waals surface area (Å²) in [7, 11) is 0. The molecule has 5 rings (SSSR count). The fraction of sp³-hybridized carbons (Fsp3) is 0.333. The second-order valence-corrected chi connectivity index (χ2v) is 8.51. The quantitative estimate of drug-likeness (QED) is 0.469. The van der Waals surface area contributed by atoms with Gasteiger partial charge in [0.1, 0.15) is 17.3 Å². The van der Waals surface area contributed by atoms with Crippen molar-refractivity contribution in [3.8, 4) is 11.3 Å². The van der Waals surface area contributed by atoms with Crippen molar-refractivity contribution < 1.29 is 8.78 Å². The van der Waals surface area contributed by atoms with E-state index in [-0.39, 0.29) is 17.7 Å². The number of likely N-dealkylation sites (N-methyl/N-ethyl adjacent to an activating group) is 1. The zero-order valence-corrected chi connectivity index (χ0v) is 18.8. The summed E-state index contributed by atoms with van der Waals surface area (Å²) < 4.78 is 31.1. The number of benzene rings is 1. The minimum Gasteiger partial charge on any atom is -0.309 e. The Bertz CT molecular complexity index is 1330. The lowest BCUT2D eigenvalue weighted by atomic mass is 10.1. The van der Waals surface area contributed by atoms with Crippen molar-refractivity contribution in [1.29, 1.82) is 0 Å². The maximum atomic E-state index is 14.8. The summed E-state index contributed by atoms with van der Waals surface area (Å²) in [6.07, 6.45) is 3.44. The first-order valence-electron chi connectivity index (χ1n) is 11.1. The Morgan fingerprint density at radius 3 is 2.73 bits per heavy atom. The molecule has 4 aromatic rings. The molecule has 1 N–H and O–H groups in total. The molecule has 0 aliphatic carbocycles. The summed E-state index contributed by atoms with van der Waals surface area (Å²) in [6, 6.07) is 6.94. The van der Waals surface area contributed by atoms with E-state index in [1.165, 1.54) is 17.8 Å². The van der Waals surface area contributed by atoms with Crippen LogP contribution in [0.2, 0.25) is 0 Å². The van der Waals surface area contributed by atoms with Gasteiger partial charge in [-0.2, -0.15) is 5.10 Å². The molecule has 7 nitrogen and oxygen atoms in total. The fourth-order valence-electron chi connectivity index (χ4n) is 4.21. The lowest BCUT2D eigenvalue weighted by Gasteiger charge is -2.27. The van der Waals surface area contributed by atoms with Gasteiger partial charge in [-0.15, -0.1) is 0 Å². The third kappa shape index (κ3) is 4.04. The van der Waals surface area contributed by atoms with Crippen molar-refractivity contribution in [2.75, 3.05) is 18.4 Å². The Morgan fingerprint density at radius 2 is 1.94 bits per heavy atom. The van der Waals surface area contributed by atoms with Crippen LogP contribution in [0.5, 0.6) is 0 Å². The maximum Gasteiger partial charge on any atom is 0.229 e. The predicted molar refractivity (Wildman–Crippen MR) is 123 cm³/mol. The molecule has 0 saturated heterocycles. The first-order valence-corrected chi connectivity index (χ1v) is 11.1. The van der Waals surface area contributed by atoms with Crippen molar-refractivity contribution in [3.05, 3.63) is 59.6 Å². The van der Waals surface area contributed by atoms with E-state index in [4.69, 9.17) is 4.98 Å². The maximum absolute atomic E-state index is 14.8. The molecule has 0 atom stereocenters. The Kier molecular flexibility index (Phi) is 5.49. The molecule has 1 aromatic carbocycles. The van der Waals surface area contributed by atoms with Gasteiger partial charge in [0, 0.05) is 36.8 Å². The molecule has 0 radical (unpaired) electrons. The summed E-state index contributed by atoms with van der Waals surface area (Å²) in [5, 5.41) is 7.72. The van der Waals surface area contributed by atoms with Crippen LogP contribution in [-0.2, 0) is 13.0 Å². The average Bonchev–Trinajstić information content (AvgIpc) is 3.25. The summed E-state index contributed by atoms with van der Waals surface area (Å²) in [6.45, 7) is 8.93. The summed E-state index contributed by atoms with van der Waals surface area (Å²) in [5.41, 5.74) is 3.18. The van der Waals surface area contributed by atoms with E-state index in [9.17, 15) is 8.78 Å². The van der Waals surface area contributed by atoms with Crippen LogP contribution in [0, 0.1) is 11.6 Å². The van der Waals surface area contributed by atoms with E-state index in [1.54, 1.807) is 10.7 Å². The molecule has 4 heterocycles. The van der Waals surface area contributed by atoms with Crippen LogP contribution in [0.3, 0.4) is 0 Å². The number of rotatable bonds is 5. The molecule has 0 bridgehead atoms. The molecule has 0 amide bonds. The number of fused-ring (bicyclic) bond motifs is 2. The molecule has 3 aromatic heterocycles. The number of pyridine rings is 1. The van der Waals surface area contributed by atoms with E-state index in [0.717, 1.165) is 37.9 Å². The zero-order valence-electron chi connectivity index (χ0n) is 18.8.